The van der Waals surface area contributed by atoms with Crippen LogP contribution in [0.1, 0.15) is 40.6 Å². The topological polar surface area (TPSA) is 63.1 Å². The number of nitrogens with one attached hydrogen (secondary N) is 1. The lowest BCUT2D eigenvalue weighted by molar-refractivity contribution is 0.0778. The SMILES string of the molecule is Cc1c(C(=O)N(C)Cc2ccccc2)nnn1C1CCNCC1.Cl. The van der Waals surface area contributed by atoms with Crippen molar-refractivity contribution in [2.75, 3.05) is 20.1 Å². The number of carbonyl (C=O) groups is 1. The fourth-order valence-electron chi connectivity index (χ4n) is 3.05. The molecule has 1 fully saturated rings. The molecule has 0 aliphatic carbocycles. The summed E-state index contributed by atoms with van der Waals surface area (Å²) in [4.78, 5) is 14.4. The molecular weight excluding hydrogens is 326 g/mol. The van der Waals surface area contributed by atoms with Gasteiger partial charge < -0.3 is 10.2 Å². The molecule has 3 rings (SSSR count). The lowest BCUT2D eigenvalue weighted by Crippen LogP contribution is -2.30. The zero-order valence-electron chi connectivity index (χ0n) is 14.1. The molecule has 2 aromatic rings. The van der Waals surface area contributed by atoms with E-state index >= 15 is 0 Å². The van der Waals surface area contributed by atoms with E-state index in [9.17, 15) is 4.79 Å². The second kappa shape index (κ2) is 8.26. The third-order valence-corrected chi connectivity index (χ3v) is 4.39. The van der Waals surface area contributed by atoms with E-state index in [2.05, 4.69) is 15.6 Å². The number of hydrogen-bond donors (Lipinski definition) is 1. The Balaban J connectivity index is 0.00000208. The molecule has 1 saturated heterocycles. The van der Waals surface area contributed by atoms with Crippen LogP contribution in [-0.4, -0.2) is 45.9 Å². The summed E-state index contributed by atoms with van der Waals surface area (Å²) in [5.74, 6) is -0.0773. The van der Waals surface area contributed by atoms with E-state index in [1.165, 1.54) is 0 Å². The number of nitrogens with zero attached hydrogens (tertiary/aromatic N) is 4. The highest BCUT2D eigenvalue weighted by Crippen LogP contribution is 2.21. The zero-order chi connectivity index (χ0) is 16.2. The van der Waals surface area contributed by atoms with Gasteiger partial charge in [-0.3, -0.25) is 4.79 Å². The molecule has 1 N–H and O–H groups in total. The Labute approximate surface area is 148 Å². The molecule has 1 amide bonds. The monoisotopic (exact) mass is 349 g/mol. The Kier molecular flexibility index (Phi) is 6.34. The first-order chi connectivity index (χ1) is 11.2. The molecule has 0 spiro atoms. The molecule has 0 atom stereocenters. The number of hydrogen-bond acceptors (Lipinski definition) is 4. The molecule has 1 aliphatic heterocycles. The molecule has 130 valence electrons. The van der Waals surface area contributed by atoms with Gasteiger partial charge in [-0.2, -0.15) is 0 Å². The number of amides is 1. The van der Waals surface area contributed by atoms with Gasteiger partial charge in [-0.05, 0) is 38.4 Å². The highest BCUT2D eigenvalue weighted by atomic mass is 35.5. The van der Waals surface area contributed by atoms with Crippen molar-refractivity contribution in [2.45, 2.75) is 32.4 Å². The summed E-state index contributed by atoms with van der Waals surface area (Å²) >= 11 is 0. The highest BCUT2D eigenvalue weighted by Gasteiger charge is 2.24. The van der Waals surface area contributed by atoms with Crippen LogP contribution in [0.15, 0.2) is 30.3 Å². The number of benzene rings is 1. The maximum absolute atomic E-state index is 12.7. The van der Waals surface area contributed by atoms with Crippen molar-refractivity contribution >= 4 is 18.3 Å². The standard InChI is InChI=1S/C17H23N5O.ClH/c1-13-16(19-20-22(13)15-8-10-18-11-9-15)17(23)21(2)12-14-6-4-3-5-7-14;/h3-7,15,18H,8-12H2,1-2H3;1H. The fraction of sp³-hybridized carbons (Fsp3) is 0.471. The van der Waals surface area contributed by atoms with Crippen LogP contribution in [0, 0.1) is 6.92 Å². The molecule has 0 radical (unpaired) electrons. The van der Waals surface area contributed by atoms with Gasteiger partial charge in [0.25, 0.3) is 5.91 Å². The van der Waals surface area contributed by atoms with Gasteiger partial charge in [-0.1, -0.05) is 35.5 Å². The second-order valence-corrected chi connectivity index (χ2v) is 6.10. The van der Waals surface area contributed by atoms with Crippen LogP contribution in [0.3, 0.4) is 0 Å². The quantitative estimate of drug-likeness (QED) is 0.919. The van der Waals surface area contributed by atoms with Gasteiger partial charge in [0.15, 0.2) is 5.69 Å². The molecule has 1 aromatic heterocycles. The van der Waals surface area contributed by atoms with Gasteiger partial charge in [-0.25, -0.2) is 4.68 Å². The molecule has 0 bridgehead atoms. The molecule has 1 aromatic carbocycles. The first kappa shape index (κ1) is 18.4. The van der Waals surface area contributed by atoms with Crippen LogP contribution in [0.4, 0.5) is 0 Å². The molecule has 2 heterocycles. The number of rotatable bonds is 4. The molecule has 24 heavy (non-hydrogen) atoms. The van der Waals surface area contributed by atoms with Crippen molar-refractivity contribution in [3.8, 4) is 0 Å². The van der Waals surface area contributed by atoms with Crippen LogP contribution >= 0.6 is 12.4 Å². The van der Waals surface area contributed by atoms with Crippen molar-refractivity contribution in [1.82, 2.24) is 25.2 Å². The molecule has 7 heteroatoms. The highest BCUT2D eigenvalue weighted by molar-refractivity contribution is 5.93. The Hall–Kier alpha value is -1.92. The lowest BCUT2D eigenvalue weighted by atomic mass is 10.1. The third kappa shape index (κ3) is 3.94. The Morgan fingerprint density at radius 1 is 1.29 bits per heavy atom. The Morgan fingerprint density at radius 3 is 2.62 bits per heavy atom. The maximum atomic E-state index is 12.7. The van der Waals surface area contributed by atoms with E-state index in [1.807, 2.05) is 41.9 Å². The van der Waals surface area contributed by atoms with E-state index < -0.39 is 0 Å². The van der Waals surface area contributed by atoms with Crippen LogP contribution < -0.4 is 5.32 Å². The minimum atomic E-state index is -0.0773. The van der Waals surface area contributed by atoms with Gasteiger partial charge in [-0.15, -0.1) is 17.5 Å². The van der Waals surface area contributed by atoms with Gasteiger partial charge in [0.05, 0.1) is 11.7 Å². The summed E-state index contributed by atoms with van der Waals surface area (Å²) in [7, 11) is 1.80. The zero-order valence-corrected chi connectivity index (χ0v) is 14.9. The number of aromatic nitrogens is 3. The van der Waals surface area contributed by atoms with Crippen LogP contribution in [0.5, 0.6) is 0 Å². The van der Waals surface area contributed by atoms with Crippen LogP contribution in [0.2, 0.25) is 0 Å². The van der Waals surface area contributed by atoms with E-state index in [0.29, 0.717) is 18.3 Å². The number of piperidine rings is 1. The van der Waals surface area contributed by atoms with Crippen molar-refractivity contribution in [1.29, 1.82) is 0 Å². The van der Waals surface area contributed by atoms with E-state index in [-0.39, 0.29) is 18.3 Å². The average Bonchev–Trinajstić information content (AvgIpc) is 2.97. The summed E-state index contributed by atoms with van der Waals surface area (Å²) < 4.78 is 1.92. The Morgan fingerprint density at radius 2 is 1.96 bits per heavy atom. The minimum absolute atomic E-state index is 0. The Bertz CT molecular complexity index is 667. The number of halogens is 1. The van der Waals surface area contributed by atoms with E-state index in [1.54, 1.807) is 11.9 Å². The predicted octanol–water partition coefficient (Wildman–Crippen LogP) is 2.21. The predicted molar refractivity (Wildman–Crippen MR) is 95.4 cm³/mol. The molecule has 0 saturated carbocycles. The molecule has 0 unspecified atom stereocenters. The fourth-order valence-corrected chi connectivity index (χ4v) is 3.05. The first-order valence-corrected chi connectivity index (χ1v) is 8.08. The molecule has 6 nitrogen and oxygen atoms in total. The van der Waals surface area contributed by atoms with E-state index in [0.717, 1.165) is 37.2 Å². The van der Waals surface area contributed by atoms with Crippen molar-refractivity contribution < 1.29 is 4.79 Å². The summed E-state index contributed by atoms with van der Waals surface area (Å²) in [5, 5.41) is 11.7. The lowest BCUT2D eigenvalue weighted by Gasteiger charge is -2.23. The summed E-state index contributed by atoms with van der Waals surface area (Å²) in [5.41, 5.74) is 2.43. The molecular formula is C17H24ClN5O. The second-order valence-electron chi connectivity index (χ2n) is 6.10. The minimum Gasteiger partial charge on any atom is -0.336 e. The van der Waals surface area contributed by atoms with Crippen molar-refractivity contribution in [3.63, 3.8) is 0 Å². The van der Waals surface area contributed by atoms with Gasteiger partial charge >= 0.3 is 0 Å². The van der Waals surface area contributed by atoms with Gasteiger partial charge in [0.1, 0.15) is 0 Å². The smallest absolute Gasteiger partial charge is 0.276 e. The van der Waals surface area contributed by atoms with Gasteiger partial charge in [0.2, 0.25) is 0 Å². The van der Waals surface area contributed by atoms with Crippen molar-refractivity contribution in [3.05, 3.63) is 47.3 Å². The third-order valence-electron chi connectivity index (χ3n) is 4.39. The number of carbonyl (C=O) groups excluding carboxylic acids is 1. The largest absolute Gasteiger partial charge is 0.336 e. The summed E-state index contributed by atoms with van der Waals surface area (Å²) in [6.07, 6.45) is 2.05. The van der Waals surface area contributed by atoms with Crippen LogP contribution in [-0.2, 0) is 6.54 Å². The maximum Gasteiger partial charge on any atom is 0.276 e. The van der Waals surface area contributed by atoms with Crippen molar-refractivity contribution in [2.24, 2.45) is 0 Å². The van der Waals surface area contributed by atoms with Gasteiger partial charge in [0, 0.05) is 13.6 Å². The average molecular weight is 350 g/mol. The molecule has 1 aliphatic rings. The van der Waals surface area contributed by atoms with E-state index in [4.69, 9.17) is 0 Å². The normalized spacial score (nSPS) is 14.9. The van der Waals surface area contributed by atoms with Crippen LogP contribution in [0.25, 0.3) is 0 Å². The first-order valence-electron chi connectivity index (χ1n) is 8.08. The summed E-state index contributed by atoms with van der Waals surface area (Å²) in [6, 6.07) is 10.3. The summed E-state index contributed by atoms with van der Waals surface area (Å²) in [6.45, 7) is 4.48.